The highest BCUT2D eigenvalue weighted by molar-refractivity contribution is 5.83. The summed E-state index contributed by atoms with van der Waals surface area (Å²) in [5.41, 5.74) is 0.255. The first kappa shape index (κ1) is 15.1. The van der Waals surface area contributed by atoms with E-state index in [0.717, 1.165) is 51.0 Å². The van der Waals surface area contributed by atoms with Gasteiger partial charge in [0.15, 0.2) is 5.82 Å². The number of piperidine rings is 1. The van der Waals surface area contributed by atoms with Crippen molar-refractivity contribution >= 4 is 5.91 Å². The van der Waals surface area contributed by atoms with Crippen LogP contribution in [0.2, 0.25) is 0 Å². The van der Waals surface area contributed by atoms with Crippen LogP contribution in [-0.4, -0.2) is 29.1 Å². The second-order valence-electron chi connectivity index (χ2n) is 7.86. The largest absolute Gasteiger partial charge is 0.344 e. The minimum atomic E-state index is -0.179. The van der Waals surface area contributed by atoms with Crippen LogP contribution in [0, 0.1) is 17.3 Å². The predicted octanol–water partition coefficient (Wildman–Crippen LogP) is 2.15. The van der Waals surface area contributed by atoms with Gasteiger partial charge in [-0.3, -0.25) is 4.79 Å². The van der Waals surface area contributed by atoms with Crippen LogP contribution < -0.4 is 10.6 Å². The molecule has 0 aromatic carbocycles. The Labute approximate surface area is 136 Å². The van der Waals surface area contributed by atoms with Crippen molar-refractivity contribution < 1.29 is 9.32 Å². The Morgan fingerprint density at radius 3 is 2.74 bits per heavy atom. The monoisotopic (exact) mass is 318 g/mol. The molecule has 2 saturated carbocycles. The topological polar surface area (TPSA) is 80.0 Å². The molecular formula is C17H26N4O2. The van der Waals surface area contributed by atoms with E-state index in [2.05, 4.69) is 34.6 Å². The van der Waals surface area contributed by atoms with E-state index in [1.807, 2.05) is 0 Å². The molecule has 2 aliphatic carbocycles. The van der Waals surface area contributed by atoms with Crippen molar-refractivity contribution in [2.45, 2.75) is 57.9 Å². The van der Waals surface area contributed by atoms with Gasteiger partial charge in [-0.1, -0.05) is 19.0 Å². The molecule has 1 aliphatic heterocycles. The highest BCUT2D eigenvalue weighted by Gasteiger charge is 2.58. The van der Waals surface area contributed by atoms with Gasteiger partial charge in [0.1, 0.15) is 6.04 Å². The minimum absolute atomic E-state index is 0.164. The van der Waals surface area contributed by atoms with Crippen LogP contribution in [0.5, 0.6) is 0 Å². The summed E-state index contributed by atoms with van der Waals surface area (Å²) in [5, 5.41) is 10.6. The fourth-order valence-electron chi connectivity index (χ4n) is 3.84. The van der Waals surface area contributed by atoms with Gasteiger partial charge in [-0.2, -0.15) is 4.98 Å². The van der Waals surface area contributed by atoms with Gasteiger partial charge in [-0.25, -0.2) is 0 Å². The van der Waals surface area contributed by atoms with Crippen LogP contribution in [0.1, 0.15) is 69.6 Å². The molecule has 23 heavy (non-hydrogen) atoms. The van der Waals surface area contributed by atoms with Crippen molar-refractivity contribution in [3.63, 3.8) is 0 Å². The van der Waals surface area contributed by atoms with Gasteiger partial charge in [-0.15, -0.1) is 0 Å². The Morgan fingerprint density at radius 1 is 1.35 bits per heavy atom. The van der Waals surface area contributed by atoms with Gasteiger partial charge >= 0.3 is 0 Å². The van der Waals surface area contributed by atoms with Crippen LogP contribution in [0.3, 0.4) is 0 Å². The molecule has 2 unspecified atom stereocenters. The fourth-order valence-corrected chi connectivity index (χ4v) is 3.84. The highest BCUT2D eigenvalue weighted by atomic mass is 16.5. The first-order valence-corrected chi connectivity index (χ1v) is 8.94. The zero-order chi connectivity index (χ0) is 16.0. The number of nitrogens with zero attached hydrogens (tertiary/aromatic N) is 2. The third-order valence-corrected chi connectivity index (χ3v) is 5.74. The number of rotatable bonds is 5. The molecule has 2 heterocycles. The molecule has 0 bridgehead atoms. The molecule has 126 valence electrons. The molecule has 1 aromatic heterocycles. The number of carbonyl (C=O) groups is 1. The molecule has 2 atom stereocenters. The van der Waals surface area contributed by atoms with E-state index < -0.39 is 0 Å². The summed E-state index contributed by atoms with van der Waals surface area (Å²) in [6.45, 7) is 6.23. The molecule has 4 rings (SSSR count). The average Bonchev–Trinajstić information content (AvgIpc) is 3.45. The lowest BCUT2D eigenvalue weighted by Gasteiger charge is -2.24. The van der Waals surface area contributed by atoms with Gasteiger partial charge in [-0.05, 0) is 56.5 Å². The number of carbonyl (C=O) groups excluding carboxylic acids is 1. The Balaban J connectivity index is 1.42. The molecule has 6 nitrogen and oxygen atoms in total. The van der Waals surface area contributed by atoms with Crippen molar-refractivity contribution in [1.29, 1.82) is 0 Å². The molecule has 0 radical (unpaired) electrons. The predicted molar refractivity (Wildman–Crippen MR) is 84.6 cm³/mol. The first-order chi connectivity index (χ1) is 11.1. The fraction of sp³-hybridized carbons (Fsp3) is 0.824. The number of nitrogens with one attached hydrogen (secondary N) is 2. The van der Waals surface area contributed by atoms with E-state index in [1.54, 1.807) is 0 Å². The summed E-state index contributed by atoms with van der Waals surface area (Å²) >= 11 is 0. The molecular weight excluding hydrogens is 292 g/mol. The summed E-state index contributed by atoms with van der Waals surface area (Å²) < 4.78 is 5.44. The lowest BCUT2D eigenvalue weighted by molar-refractivity contribution is -0.124. The lowest BCUT2D eigenvalue weighted by atomic mass is 9.91. The van der Waals surface area contributed by atoms with E-state index in [9.17, 15) is 4.79 Å². The van der Waals surface area contributed by atoms with Crippen LogP contribution in [0.25, 0.3) is 0 Å². The summed E-state index contributed by atoms with van der Waals surface area (Å²) in [7, 11) is 0. The van der Waals surface area contributed by atoms with E-state index in [-0.39, 0.29) is 29.2 Å². The smallest absolute Gasteiger partial charge is 0.249 e. The van der Waals surface area contributed by atoms with Gasteiger partial charge in [0.2, 0.25) is 11.8 Å². The summed E-state index contributed by atoms with van der Waals surface area (Å²) in [5.74, 6) is 2.40. The molecule has 1 spiro atoms. The zero-order valence-electron chi connectivity index (χ0n) is 14.0. The normalized spacial score (nSPS) is 27.2. The van der Waals surface area contributed by atoms with Crippen molar-refractivity contribution in [2.24, 2.45) is 17.3 Å². The summed E-state index contributed by atoms with van der Waals surface area (Å²) in [4.78, 5) is 17.2. The molecule has 3 fully saturated rings. The minimum Gasteiger partial charge on any atom is -0.344 e. The second-order valence-corrected chi connectivity index (χ2v) is 7.86. The maximum Gasteiger partial charge on any atom is 0.249 e. The van der Waals surface area contributed by atoms with E-state index in [4.69, 9.17) is 4.52 Å². The summed E-state index contributed by atoms with van der Waals surface area (Å²) in [6, 6.07) is -0.179. The molecule has 3 aliphatic rings. The van der Waals surface area contributed by atoms with Gasteiger partial charge in [0, 0.05) is 11.8 Å². The SMILES string of the molecule is CC(C)C(NC(=O)C1CC12CCNCC2)c1nc(C2CC2)no1. The third kappa shape index (κ3) is 2.89. The molecule has 1 saturated heterocycles. The van der Waals surface area contributed by atoms with Crippen LogP contribution in [-0.2, 0) is 4.79 Å². The van der Waals surface area contributed by atoms with Crippen molar-refractivity contribution in [3.8, 4) is 0 Å². The first-order valence-electron chi connectivity index (χ1n) is 8.94. The van der Waals surface area contributed by atoms with Crippen molar-refractivity contribution in [2.75, 3.05) is 13.1 Å². The van der Waals surface area contributed by atoms with E-state index in [0.29, 0.717) is 11.8 Å². The Hall–Kier alpha value is -1.43. The van der Waals surface area contributed by atoms with Gasteiger partial charge < -0.3 is 15.2 Å². The second kappa shape index (κ2) is 5.58. The standard InChI is InChI=1S/C17H26N4O2/c1-10(2)13(16-20-14(21-23-16)11-3-4-11)19-15(22)12-9-17(12)5-7-18-8-6-17/h10-13,18H,3-9H2,1-2H3,(H,19,22). The molecule has 2 N–H and O–H groups in total. The molecule has 1 amide bonds. The number of amides is 1. The number of hydrogen-bond acceptors (Lipinski definition) is 5. The van der Waals surface area contributed by atoms with E-state index >= 15 is 0 Å². The quantitative estimate of drug-likeness (QED) is 0.869. The van der Waals surface area contributed by atoms with Crippen LogP contribution in [0.15, 0.2) is 4.52 Å². The lowest BCUT2D eigenvalue weighted by Crippen LogP contribution is -2.36. The van der Waals surface area contributed by atoms with Gasteiger partial charge in [0.05, 0.1) is 0 Å². The van der Waals surface area contributed by atoms with Crippen molar-refractivity contribution in [1.82, 2.24) is 20.8 Å². The van der Waals surface area contributed by atoms with E-state index in [1.165, 1.54) is 0 Å². The summed E-state index contributed by atoms with van der Waals surface area (Å²) in [6.07, 6.45) is 5.56. The average molecular weight is 318 g/mol. The Morgan fingerprint density at radius 2 is 2.09 bits per heavy atom. The number of aromatic nitrogens is 2. The number of hydrogen-bond donors (Lipinski definition) is 2. The maximum absolute atomic E-state index is 12.7. The Bertz CT molecular complexity index is 587. The third-order valence-electron chi connectivity index (χ3n) is 5.74. The zero-order valence-corrected chi connectivity index (χ0v) is 14.0. The van der Waals surface area contributed by atoms with Crippen molar-refractivity contribution in [3.05, 3.63) is 11.7 Å². The van der Waals surface area contributed by atoms with Gasteiger partial charge in [0.25, 0.3) is 0 Å². The van der Waals surface area contributed by atoms with Crippen LogP contribution >= 0.6 is 0 Å². The molecule has 6 heteroatoms. The van der Waals surface area contributed by atoms with Crippen LogP contribution in [0.4, 0.5) is 0 Å². The molecule has 1 aromatic rings. The Kier molecular flexibility index (Phi) is 3.67. The highest BCUT2D eigenvalue weighted by Crippen LogP contribution is 2.58. The maximum atomic E-state index is 12.7.